The molecule has 1 aliphatic heterocycles. The van der Waals surface area contributed by atoms with E-state index in [-0.39, 0.29) is 31.1 Å². The van der Waals surface area contributed by atoms with Crippen LogP contribution in [-0.2, 0) is 46.4 Å². The van der Waals surface area contributed by atoms with Crippen LogP contribution in [0.4, 0.5) is 4.79 Å². The van der Waals surface area contributed by atoms with E-state index in [4.69, 9.17) is 14.2 Å². The van der Waals surface area contributed by atoms with Crippen LogP contribution in [0.1, 0.15) is 38.4 Å². The number of carbonyl (C=O) groups is 5. The van der Waals surface area contributed by atoms with Crippen molar-refractivity contribution in [2.45, 2.75) is 70.1 Å². The Hall–Kier alpha value is -4.37. The lowest BCUT2D eigenvalue weighted by atomic mass is 10.0. The van der Waals surface area contributed by atoms with E-state index in [0.717, 1.165) is 5.56 Å². The van der Waals surface area contributed by atoms with Gasteiger partial charge in [0, 0.05) is 18.5 Å². The zero-order valence-electron chi connectivity index (χ0n) is 25.3. The summed E-state index contributed by atoms with van der Waals surface area (Å²) in [5.41, 5.74) is 0.605. The minimum absolute atomic E-state index is 0.00369. The number of phenolic OH excluding ortho intramolecular Hbond substituents is 1. The van der Waals surface area contributed by atoms with Crippen LogP contribution in [0.5, 0.6) is 5.75 Å². The molecule has 2 aromatic rings. The first-order valence-electron chi connectivity index (χ1n) is 14.3. The van der Waals surface area contributed by atoms with Crippen molar-refractivity contribution in [3.05, 3.63) is 59.9 Å². The van der Waals surface area contributed by atoms with Gasteiger partial charge in [0.1, 0.15) is 36.1 Å². The second-order valence-electron chi connectivity index (χ2n) is 11.2. The highest BCUT2D eigenvalue weighted by molar-refractivity contribution is 7.80. The molecule has 1 aliphatic rings. The number of nitrogens with one attached hydrogen (secondary N) is 4. The molecule has 4 atom stereocenters. The predicted octanol–water partition coefficient (Wildman–Crippen LogP) is 0.771. The molecule has 2 heterocycles. The molecule has 0 bridgehead atoms. The van der Waals surface area contributed by atoms with Crippen molar-refractivity contribution < 1.29 is 43.3 Å². The summed E-state index contributed by atoms with van der Waals surface area (Å²) in [7, 11) is 0. The predicted molar refractivity (Wildman–Crippen MR) is 164 cm³/mol. The lowest BCUT2D eigenvalue weighted by Crippen LogP contribution is -2.55. The minimum Gasteiger partial charge on any atom is -0.508 e. The van der Waals surface area contributed by atoms with E-state index in [2.05, 4.69) is 38.9 Å². The van der Waals surface area contributed by atoms with Gasteiger partial charge in [0.2, 0.25) is 17.7 Å². The number of hydrogen-bond donors (Lipinski definition) is 6. The van der Waals surface area contributed by atoms with Gasteiger partial charge in [-0.25, -0.2) is 9.59 Å². The molecule has 244 valence electrons. The van der Waals surface area contributed by atoms with Crippen LogP contribution < -0.4 is 21.3 Å². The van der Waals surface area contributed by atoms with Crippen LogP contribution in [0, 0.1) is 0 Å². The fourth-order valence-corrected chi connectivity index (χ4v) is 4.20. The zero-order valence-corrected chi connectivity index (χ0v) is 26.2. The van der Waals surface area contributed by atoms with Gasteiger partial charge < -0.3 is 40.6 Å². The van der Waals surface area contributed by atoms with E-state index in [0.29, 0.717) is 12.1 Å². The smallest absolute Gasteiger partial charge is 0.408 e. The number of epoxide rings is 1. The van der Waals surface area contributed by atoms with Crippen molar-refractivity contribution in [2.24, 2.45) is 0 Å². The molecule has 1 aromatic heterocycles. The summed E-state index contributed by atoms with van der Waals surface area (Å²) < 4.78 is 15.7. The van der Waals surface area contributed by atoms with Crippen molar-refractivity contribution in [1.82, 2.24) is 26.3 Å². The van der Waals surface area contributed by atoms with Gasteiger partial charge in [0.05, 0.1) is 12.2 Å². The molecule has 0 radical (unpaired) electrons. The molecule has 15 heteroatoms. The van der Waals surface area contributed by atoms with E-state index in [1.165, 1.54) is 12.1 Å². The molecule has 1 saturated heterocycles. The van der Waals surface area contributed by atoms with Crippen LogP contribution in [0.2, 0.25) is 0 Å². The molecule has 14 nitrogen and oxygen atoms in total. The number of nitrogens with zero attached hydrogens (tertiary/aromatic N) is 1. The highest BCUT2D eigenvalue weighted by Gasteiger charge is 2.46. The van der Waals surface area contributed by atoms with Crippen LogP contribution >= 0.6 is 12.6 Å². The topological polar surface area (TPSA) is 198 Å². The minimum atomic E-state index is -1.12. The standard InChI is InChI=1S/C30H39N5O9S/c1-30(2,3)44-29(41)35-21(12-9-18-7-10-20(36)11-8-18)27(39)34-22(17-45)26(38)33-15-24(37)32-14-23-25(43-23)28(40)42-16-19-6-4-5-13-31-19/h4-8,10-11,13,21-23,25,36,45H,9,12,14-17H2,1-3H3,(H,32,37)(H,33,38)(H,34,39)(H,35,41). The normalized spacial score (nSPS) is 16.8. The second kappa shape index (κ2) is 16.6. The maximum atomic E-state index is 13.2. The van der Waals surface area contributed by atoms with Gasteiger partial charge in [0.25, 0.3) is 0 Å². The molecule has 3 rings (SSSR count). The van der Waals surface area contributed by atoms with Gasteiger partial charge in [-0.2, -0.15) is 12.6 Å². The summed E-state index contributed by atoms with van der Waals surface area (Å²) in [6, 6.07) is 9.47. The lowest BCUT2D eigenvalue weighted by molar-refractivity contribution is -0.146. The van der Waals surface area contributed by atoms with Crippen molar-refractivity contribution in [3.63, 3.8) is 0 Å². The van der Waals surface area contributed by atoms with E-state index in [1.807, 2.05) is 0 Å². The van der Waals surface area contributed by atoms with E-state index < -0.39 is 66.2 Å². The summed E-state index contributed by atoms with van der Waals surface area (Å²) in [4.78, 5) is 66.8. The van der Waals surface area contributed by atoms with Gasteiger partial charge in [0.15, 0.2) is 6.10 Å². The number of hydrogen-bond acceptors (Lipinski definition) is 11. The molecule has 1 fully saturated rings. The number of rotatable bonds is 15. The number of ether oxygens (including phenoxy) is 3. The van der Waals surface area contributed by atoms with Gasteiger partial charge in [-0.3, -0.25) is 19.4 Å². The van der Waals surface area contributed by atoms with Gasteiger partial charge >= 0.3 is 12.1 Å². The molecule has 45 heavy (non-hydrogen) atoms. The number of pyridine rings is 1. The molecule has 4 unspecified atom stereocenters. The van der Waals surface area contributed by atoms with E-state index in [1.54, 1.807) is 57.3 Å². The van der Waals surface area contributed by atoms with Crippen LogP contribution in [0.15, 0.2) is 48.7 Å². The number of aromatic hydroxyl groups is 1. The second-order valence-corrected chi connectivity index (χ2v) is 11.6. The number of benzene rings is 1. The monoisotopic (exact) mass is 645 g/mol. The lowest BCUT2D eigenvalue weighted by Gasteiger charge is -2.25. The Bertz CT molecular complexity index is 1320. The fourth-order valence-electron chi connectivity index (χ4n) is 3.94. The van der Waals surface area contributed by atoms with E-state index in [9.17, 15) is 29.1 Å². The van der Waals surface area contributed by atoms with Crippen molar-refractivity contribution in [3.8, 4) is 5.75 Å². The summed E-state index contributed by atoms with van der Waals surface area (Å²) >= 11 is 4.16. The summed E-state index contributed by atoms with van der Waals surface area (Å²) in [6.45, 7) is 4.69. The summed E-state index contributed by atoms with van der Waals surface area (Å²) in [5, 5.41) is 19.6. The largest absolute Gasteiger partial charge is 0.508 e. The molecular formula is C30H39N5O9S. The number of thiol groups is 1. The molecule has 1 aromatic carbocycles. The van der Waals surface area contributed by atoms with Gasteiger partial charge in [-0.15, -0.1) is 0 Å². The van der Waals surface area contributed by atoms with Crippen molar-refractivity contribution in [1.29, 1.82) is 0 Å². The first kappa shape index (κ1) is 35.1. The highest BCUT2D eigenvalue weighted by Crippen LogP contribution is 2.23. The summed E-state index contributed by atoms with van der Waals surface area (Å²) in [5.74, 6) is -2.41. The zero-order chi connectivity index (χ0) is 33.0. The number of alkyl carbamates (subject to hydrolysis) is 1. The first-order valence-corrected chi connectivity index (χ1v) is 14.9. The molecule has 0 aliphatic carbocycles. The average molecular weight is 646 g/mol. The van der Waals surface area contributed by atoms with Crippen LogP contribution in [0.25, 0.3) is 0 Å². The maximum absolute atomic E-state index is 13.2. The van der Waals surface area contributed by atoms with Gasteiger partial charge in [-0.05, 0) is 63.4 Å². The number of esters is 1. The molecule has 0 spiro atoms. The van der Waals surface area contributed by atoms with Crippen LogP contribution in [0.3, 0.4) is 0 Å². The Morgan fingerprint density at radius 2 is 1.73 bits per heavy atom. The number of aromatic nitrogens is 1. The molecule has 0 saturated carbocycles. The first-order chi connectivity index (χ1) is 21.3. The molecule has 5 N–H and O–H groups in total. The number of phenols is 1. The average Bonchev–Trinajstić information content (AvgIpc) is 3.78. The third-order valence-corrected chi connectivity index (χ3v) is 6.67. The third-order valence-electron chi connectivity index (χ3n) is 6.31. The Morgan fingerprint density at radius 3 is 2.38 bits per heavy atom. The van der Waals surface area contributed by atoms with Crippen molar-refractivity contribution in [2.75, 3.05) is 18.8 Å². The highest BCUT2D eigenvalue weighted by atomic mass is 32.1. The Kier molecular flexibility index (Phi) is 13.0. The fraction of sp³-hybridized carbons (Fsp3) is 0.467. The number of amides is 4. The Morgan fingerprint density at radius 1 is 1.00 bits per heavy atom. The summed E-state index contributed by atoms with van der Waals surface area (Å²) in [6.07, 6.45) is -0.0348. The molecular weight excluding hydrogens is 606 g/mol. The van der Waals surface area contributed by atoms with Crippen LogP contribution in [-0.4, -0.2) is 88.6 Å². The third kappa shape index (κ3) is 12.6. The number of aryl methyl sites for hydroxylation is 1. The quantitative estimate of drug-likeness (QED) is 0.0914. The van der Waals surface area contributed by atoms with Crippen molar-refractivity contribution >= 4 is 42.4 Å². The Balaban J connectivity index is 1.44. The molecule has 4 amide bonds. The van der Waals surface area contributed by atoms with E-state index >= 15 is 0 Å². The van der Waals surface area contributed by atoms with Gasteiger partial charge in [-0.1, -0.05) is 18.2 Å². The number of carbonyl (C=O) groups excluding carboxylic acids is 5. The Labute approximate surface area is 266 Å². The maximum Gasteiger partial charge on any atom is 0.408 e. The SMILES string of the molecule is CC(C)(C)OC(=O)NC(CCc1ccc(O)cc1)C(=O)NC(CS)C(=O)NCC(=O)NCC1OC1C(=O)OCc1ccccn1.